The largest absolute Gasteiger partial charge is 0.444 e. The minimum absolute atomic E-state index is 0.0425. The number of sulfonamides is 1. The molecule has 28 heavy (non-hydrogen) atoms. The van der Waals surface area contributed by atoms with Gasteiger partial charge in [0, 0.05) is 30.0 Å². The van der Waals surface area contributed by atoms with E-state index in [1.165, 1.54) is 10.4 Å². The number of carbonyl (C=O) groups is 1. The van der Waals surface area contributed by atoms with Crippen molar-refractivity contribution < 1.29 is 17.9 Å². The van der Waals surface area contributed by atoms with Gasteiger partial charge >= 0.3 is 6.09 Å². The number of anilines is 1. The SMILES string of the molecule is C/C=C\CBr.C=CCS(=O)(=O)N1CCC(N2C(=O)OCc3ccccc32)CC1. The molecule has 2 heterocycles. The summed E-state index contributed by atoms with van der Waals surface area (Å²) < 4.78 is 30.9. The minimum Gasteiger partial charge on any atom is -0.444 e. The van der Waals surface area contributed by atoms with E-state index in [1.54, 1.807) is 4.90 Å². The summed E-state index contributed by atoms with van der Waals surface area (Å²) in [5.41, 5.74) is 1.85. The van der Waals surface area contributed by atoms with Gasteiger partial charge in [0.1, 0.15) is 6.61 Å². The average molecular weight is 471 g/mol. The number of cyclic esters (lactones) is 1. The number of allylic oxidation sites excluding steroid dienone is 2. The van der Waals surface area contributed by atoms with Crippen molar-refractivity contribution in [1.82, 2.24) is 4.31 Å². The number of halogens is 1. The molecule has 8 heteroatoms. The number of ether oxygens (including phenoxy) is 1. The molecule has 0 aliphatic carbocycles. The predicted molar refractivity (Wildman–Crippen MR) is 116 cm³/mol. The summed E-state index contributed by atoms with van der Waals surface area (Å²) in [6.45, 7) is 6.60. The molecule has 6 nitrogen and oxygen atoms in total. The van der Waals surface area contributed by atoms with E-state index in [-0.39, 0.29) is 24.5 Å². The van der Waals surface area contributed by atoms with Crippen molar-refractivity contribution in [2.24, 2.45) is 0 Å². The number of para-hydroxylation sites is 1. The van der Waals surface area contributed by atoms with Gasteiger partial charge in [-0.1, -0.05) is 52.4 Å². The maximum atomic E-state index is 12.2. The molecule has 3 rings (SSSR count). The fourth-order valence-corrected chi connectivity index (χ4v) is 4.89. The molecule has 1 amide bonds. The number of rotatable bonds is 5. The van der Waals surface area contributed by atoms with Crippen LogP contribution in [0.25, 0.3) is 0 Å². The van der Waals surface area contributed by atoms with Crippen molar-refractivity contribution in [2.75, 3.05) is 29.1 Å². The third-order valence-corrected chi connectivity index (χ3v) is 6.82. The molecule has 0 N–H and O–H groups in total. The Morgan fingerprint density at radius 3 is 2.54 bits per heavy atom. The van der Waals surface area contributed by atoms with E-state index in [0.29, 0.717) is 25.9 Å². The second-order valence-corrected chi connectivity index (χ2v) is 9.14. The highest BCUT2D eigenvalue weighted by atomic mass is 79.9. The van der Waals surface area contributed by atoms with Crippen molar-refractivity contribution in [1.29, 1.82) is 0 Å². The van der Waals surface area contributed by atoms with Crippen LogP contribution in [0.5, 0.6) is 0 Å². The molecule has 0 bridgehead atoms. The van der Waals surface area contributed by atoms with Crippen molar-refractivity contribution in [2.45, 2.75) is 32.4 Å². The second-order valence-electron chi connectivity index (χ2n) is 6.47. The number of fused-ring (bicyclic) bond motifs is 1. The van der Waals surface area contributed by atoms with Crippen LogP contribution in [0.3, 0.4) is 0 Å². The zero-order valence-corrected chi connectivity index (χ0v) is 18.5. The molecule has 0 spiro atoms. The zero-order valence-electron chi connectivity index (χ0n) is 16.1. The molecule has 2 aliphatic rings. The monoisotopic (exact) mass is 470 g/mol. The number of nitrogens with zero attached hydrogens (tertiary/aromatic N) is 2. The normalized spacial score (nSPS) is 18.2. The molecular weight excluding hydrogens is 444 g/mol. The third kappa shape index (κ3) is 5.68. The zero-order chi connectivity index (χ0) is 20.6. The summed E-state index contributed by atoms with van der Waals surface area (Å²) in [6.07, 6.45) is 6.30. The summed E-state index contributed by atoms with van der Waals surface area (Å²) in [5.74, 6) is -0.0493. The van der Waals surface area contributed by atoms with Crippen molar-refractivity contribution in [3.8, 4) is 0 Å². The van der Waals surface area contributed by atoms with Gasteiger partial charge in [0.2, 0.25) is 10.0 Å². The van der Waals surface area contributed by atoms with E-state index >= 15 is 0 Å². The lowest BCUT2D eigenvalue weighted by Gasteiger charge is -2.39. The lowest BCUT2D eigenvalue weighted by molar-refractivity contribution is 0.136. The fraction of sp³-hybridized carbons (Fsp3) is 0.450. The number of carbonyl (C=O) groups excluding carboxylic acids is 1. The van der Waals surface area contributed by atoms with Crippen LogP contribution in [-0.4, -0.2) is 49.0 Å². The molecule has 0 aromatic heterocycles. The molecule has 1 fully saturated rings. The number of benzene rings is 1. The number of hydrogen-bond acceptors (Lipinski definition) is 4. The molecule has 0 atom stereocenters. The maximum absolute atomic E-state index is 12.2. The molecule has 0 radical (unpaired) electrons. The topological polar surface area (TPSA) is 66.9 Å². The van der Waals surface area contributed by atoms with Gasteiger partial charge in [-0.15, -0.1) is 6.58 Å². The summed E-state index contributed by atoms with van der Waals surface area (Å²) in [6, 6.07) is 7.63. The number of alkyl halides is 1. The summed E-state index contributed by atoms with van der Waals surface area (Å²) >= 11 is 3.22. The van der Waals surface area contributed by atoms with Gasteiger partial charge < -0.3 is 4.74 Å². The Balaban J connectivity index is 0.000000500. The quantitative estimate of drug-likeness (QED) is 0.480. The highest BCUT2D eigenvalue weighted by molar-refractivity contribution is 9.09. The van der Waals surface area contributed by atoms with Gasteiger partial charge in [0.15, 0.2) is 0 Å². The summed E-state index contributed by atoms with van der Waals surface area (Å²) in [5, 5.41) is 0.976. The highest BCUT2D eigenvalue weighted by Crippen LogP contribution is 2.32. The molecule has 1 aromatic carbocycles. The summed E-state index contributed by atoms with van der Waals surface area (Å²) in [4.78, 5) is 13.9. The van der Waals surface area contributed by atoms with Crippen molar-refractivity contribution in [3.05, 3.63) is 54.6 Å². The van der Waals surface area contributed by atoms with Gasteiger partial charge in [-0.05, 0) is 25.8 Å². The summed E-state index contributed by atoms with van der Waals surface area (Å²) in [7, 11) is -3.28. The van der Waals surface area contributed by atoms with E-state index in [1.807, 2.05) is 43.3 Å². The van der Waals surface area contributed by atoms with Crippen LogP contribution in [-0.2, 0) is 21.4 Å². The van der Waals surface area contributed by atoms with Crippen LogP contribution in [0.1, 0.15) is 25.3 Å². The maximum Gasteiger partial charge on any atom is 0.414 e. The van der Waals surface area contributed by atoms with Gasteiger partial charge in [-0.2, -0.15) is 0 Å². The van der Waals surface area contributed by atoms with E-state index in [4.69, 9.17) is 4.74 Å². The van der Waals surface area contributed by atoms with Gasteiger partial charge in [0.05, 0.1) is 11.4 Å². The lowest BCUT2D eigenvalue weighted by atomic mass is 10.0. The van der Waals surface area contributed by atoms with E-state index in [9.17, 15) is 13.2 Å². The van der Waals surface area contributed by atoms with E-state index < -0.39 is 10.0 Å². The Hall–Kier alpha value is -1.64. The third-order valence-electron chi connectivity index (χ3n) is 4.63. The Bertz CT molecular complexity index is 802. The Morgan fingerprint density at radius 1 is 1.29 bits per heavy atom. The van der Waals surface area contributed by atoms with Crippen LogP contribution in [0, 0.1) is 0 Å². The Kier molecular flexibility index (Phi) is 8.72. The molecule has 2 aliphatic heterocycles. The molecule has 1 aromatic rings. The first-order valence-electron chi connectivity index (χ1n) is 9.24. The first kappa shape index (κ1) is 22.6. The second kappa shape index (κ2) is 10.8. The van der Waals surface area contributed by atoms with Crippen LogP contribution >= 0.6 is 15.9 Å². The molecule has 0 unspecified atom stereocenters. The van der Waals surface area contributed by atoms with Crippen LogP contribution in [0.15, 0.2) is 49.1 Å². The van der Waals surface area contributed by atoms with Gasteiger partial charge in [-0.25, -0.2) is 17.5 Å². The highest BCUT2D eigenvalue weighted by Gasteiger charge is 2.36. The number of hydrogen-bond donors (Lipinski definition) is 0. The van der Waals surface area contributed by atoms with Crippen molar-refractivity contribution in [3.63, 3.8) is 0 Å². The molecule has 154 valence electrons. The molecular formula is C20H27BrN2O4S. The van der Waals surface area contributed by atoms with Crippen LogP contribution in [0.4, 0.5) is 10.5 Å². The van der Waals surface area contributed by atoms with E-state index in [0.717, 1.165) is 16.6 Å². The lowest BCUT2D eigenvalue weighted by Crippen LogP contribution is -2.50. The first-order chi connectivity index (χ1) is 13.4. The van der Waals surface area contributed by atoms with Gasteiger partial charge in [0.25, 0.3) is 0 Å². The van der Waals surface area contributed by atoms with Crippen molar-refractivity contribution >= 4 is 37.7 Å². The van der Waals surface area contributed by atoms with Crippen LogP contribution in [0.2, 0.25) is 0 Å². The Morgan fingerprint density at radius 2 is 1.96 bits per heavy atom. The smallest absolute Gasteiger partial charge is 0.414 e. The molecule has 0 saturated carbocycles. The van der Waals surface area contributed by atoms with Gasteiger partial charge in [-0.3, -0.25) is 4.90 Å². The molecule has 1 saturated heterocycles. The standard InChI is InChI=1S/C16H20N2O4S.C4H7Br/c1-2-11-23(20,21)17-9-7-14(8-10-17)18-15-6-4-3-5-13(15)12-22-16(18)19;1-2-3-4-5/h2-6,14H,1,7-12H2;2-3H,4H2,1H3/b;3-2-. The van der Waals surface area contributed by atoms with Crippen LogP contribution < -0.4 is 4.90 Å². The number of amides is 1. The predicted octanol–water partition coefficient (Wildman–Crippen LogP) is 4.08. The van der Waals surface area contributed by atoms with E-state index in [2.05, 4.69) is 22.5 Å². The fourth-order valence-electron chi connectivity index (χ4n) is 3.24. The Labute approximate surface area is 176 Å². The first-order valence-corrected chi connectivity index (χ1v) is 12.0. The minimum atomic E-state index is -3.28. The average Bonchev–Trinajstić information content (AvgIpc) is 2.69. The number of piperidine rings is 1.